The van der Waals surface area contributed by atoms with Gasteiger partial charge in [-0.3, -0.25) is 0 Å². The fourth-order valence-electron chi connectivity index (χ4n) is 1.88. The maximum Gasteiger partial charge on any atom is 0.242 e. The van der Waals surface area contributed by atoms with Gasteiger partial charge in [0.1, 0.15) is 0 Å². The van der Waals surface area contributed by atoms with Crippen LogP contribution in [-0.2, 0) is 10.0 Å². The fraction of sp³-hybridized carbons (Fsp3) is 0.143. The van der Waals surface area contributed by atoms with Crippen molar-refractivity contribution in [3.8, 4) is 0 Å². The summed E-state index contributed by atoms with van der Waals surface area (Å²) >= 11 is 12.7. The summed E-state index contributed by atoms with van der Waals surface area (Å²) < 4.78 is 28.8. The summed E-state index contributed by atoms with van der Waals surface area (Å²) in [6, 6.07) is 11.6. The Morgan fingerprint density at radius 2 is 1.81 bits per heavy atom. The molecule has 1 N–H and O–H groups in total. The summed E-state index contributed by atoms with van der Waals surface area (Å²) in [6.07, 6.45) is 0. The minimum Gasteiger partial charge on any atom is -0.207 e. The first kappa shape index (κ1) is 17.0. The van der Waals surface area contributed by atoms with E-state index >= 15 is 0 Å². The van der Waals surface area contributed by atoms with Crippen molar-refractivity contribution in [2.45, 2.75) is 17.9 Å². The summed E-state index contributed by atoms with van der Waals surface area (Å²) in [4.78, 5) is 0.185. The summed E-state index contributed by atoms with van der Waals surface area (Å²) in [5, 5.41) is 0.530. The van der Waals surface area contributed by atoms with Gasteiger partial charge in [-0.05, 0) is 52.7 Å². The van der Waals surface area contributed by atoms with Gasteiger partial charge in [-0.1, -0.05) is 45.7 Å². The van der Waals surface area contributed by atoms with Gasteiger partial charge in [0, 0.05) is 20.0 Å². The van der Waals surface area contributed by atoms with Gasteiger partial charge in [0.15, 0.2) is 0 Å². The molecule has 0 aliphatic carbocycles. The van der Waals surface area contributed by atoms with E-state index in [-0.39, 0.29) is 4.90 Å². The van der Waals surface area contributed by atoms with E-state index in [1.165, 1.54) is 6.07 Å². The highest BCUT2D eigenvalue weighted by atomic mass is 79.9. The Morgan fingerprint density at radius 3 is 2.43 bits per heavy atom. The molecule has 0 aromatic heterocycles. The second kappa shape index (κ2) is 6.79. The zero-order chi connectivity index (χ0) is 15.6. The molecule has 0 aliphatic rings. The first-order chi connectivity index (χ1) is 9.81. The standard InChI is InChI=1S/C14H12Br2ClNO2S/c1-9(11-4-2-3-5-13(11)17)18-21(19,20)14-7-6-10(15)8-12(14)16/h2-9,18H,1H3. The van der Waals surface area contributed by atoms with Crippen LogP contribution in [0.4, 0.5) is 0 Å². The van der Waals surface area contributed by atoms with Gasteiger partial charge in [-0.15, -0.1) is 0 Å². The Bertz CT molecular complexity index is 765. The number of hydrogen-bond donors (Lipinski definition) is 1. The van der Waals surface area contributed by atoms with Crippen LogP contribution in [0.5, 0.6) is 0 Å². The van der Waals surface area contributed by atoms with Crippen LogP contribution >= 0.6 is 43.5 Å². The van der Waals surface area contributed by atoms with Crippen molar-refractivity contribution in [1.82, 2.24) is 4.72 Å². The lowest BCUT2D eigenvalue weighted by Crippen LogP contribution is -2.27. The van der Waals surface area contributed by atoms with Crippen molar-refractivity contribution in [3.63, 3.8) is 0 Å². The minimum absolute atomic E-state index is 0.185. The molecule has 0 saturated carbocycles. The molecular formula is C14H12Br2ClNO2S. The monoisotopic (exact) mass is 451 g/mol. The molecule has 7 heteroatoms. The lowest BCUT2D eigenvalue weighted by atomic mass is 10.1. The van der Waals surface area contributed by atoms with Gasteiger partial charge in [0.05, 0.1) is 4.90 Å². The van der Waals surface area contributed by atoms with Crippen molar-refractivity contribution in [1.29, 1.82) is 0 Å². The van der Waals surface area contributed by atoms with Gasteiger partial charge >= 0.3 is 0 Å². The van der Waals surface area contributed by atoms with Crippen LogP contribution in [0.15, 0.2) is 56.3 Å². The van der Waals surface area contributed by atoms with Crippen LogP contribution in [0.3, 0.4) is 0 Å². The maximum atomic E-state index is 12.5. The Labute approximate surface area is 146 Å². The highest BCUT2D eigenvalue weighted by Crippen LogP contribution is 2.28. The number of benzene rings is 2. The van der Waals surface area contributed by atoms with E-state index < -0.39 is 16.1 Å². The molecule has 0 heterocycles. The van der Waals surface area contributed by atoms with Crippen LogP contribution in [0.2, 0.25) is 5.02 Å². The zero-order valence-corrected chi connectivity index (χ0v) is 15.7. The molecular weight excluding hydrogens is 441 g/mol. The first-order valence-corrected chi connectivity index (χ1v) is 9.48. The van der Waals surface area contributed by atoms with Crippen molar-refractivity contribution >= 4 is 53.5 Å². The molecule has 2 aromatic carbocycles. The van der Waals surface area contributed by atoms with Crippen molar-refractivity contribution in [3.05, 3.63) is 62.0 Å². The predicted molar refractivity (Wildman–Crippen MR) is 92.0 cm³/mol. The SMILES string of the molecule is CC(NS(=O)(=O)c1ccc(Br)cc1Br)c1ccccc1Cl. The Hall–Kier alpha value is -0.400. The molecule has 0 bridgehead atoms. The van der Waals surface area contributed by atoms with E-state index in [0.717, 1.165) is 10.0 Å². The average Bonchev–Trinajstić information content (AvgIpc) is 2.37. The Kier molecular flexibility index (Phi) is 5.48. The van der Waals surface area contributed by atoms with Gasteiger partial charge in [0.2, 0.25) is 10.0 Å². The number of sulfonamides is 1. The topological polar surface area (TPSA) is 46.2 Å². The molecule has 21 heavy (non-hydrogen) atoms. The van der Waals surface area contributed by atoms with Crippen LogP contribution in [0, 0.1) is 0 Å². The van der Waals surface area contributed by atoms with Crippen molar-refractivity contribution in [2.24, 2.45) is 0 Å². The highest BCUT2D eigenvalue weighted by molar-refractivity contribution is 9.11. The highest BCUT2D eigenvalue weighted by Gasteiger charge is 2.22. The van der Waals surface area contributed by atoms with E-state index in [2.05, 4.69) is 36.6 Å². The third-order valence-electron chi connectivity index (χ3n) is 2.89. The maximum absolute atomic E-state index is 12.5. The largest absolute Gasteiger partial charge is 0.242 e. The molecule has 1 unspecified atom stereocenters. The summed E-state index contributed by atoms with van der Waals surface area (Å²) in [5.74, 6) is 0. The van der Waals surface area contributed by atoms with E-state index in [9.17, 15) is 8.42 Å². The number of nitrogens with one attached hydrogen (secondary N) is 1. The van der Waals surface area contributed by atoms with Gasteiger partial charge in [-0.25, -0.2) is 13.1 Å². The smallest absolute Gasteiger partial charge is 0.207 e. The third kappa shape index (κ3) is 4.07. The van der Waals surface area contributed by atoms with Crippen LogP contribution in [0.25, 0.3) is 0 Å². The molecule has 2 rings (SSSR count). The van der Waals surface area contributed by atoms with E-state index in [1.807, 2.05) is 6.07 Å². The zero-order valence-electron chi connectivity index (χ0n) is 11.0. The van der Waals surface area contributed by atoms with Crippen LogP contribution < -0.4 is 4.72 Å². The fourth-order valence-corrected chi connectivity index (χ4v) is 5.15. The molecule has 0 fully saturated rings. The summed E-state index contributed by atoms with van der Waals surface area (Å²) in [5.41, 5.74) is 0.732. The third-order valence-corrected chi connectivity index (χ3v) is 6.24. The van der Waals surface area contributed by atoms with Crippen molar-refractivity contribution < 1.29 is 8.42 Å². The molecule has 3 nitrogen and oxygen atoms in total. The molecule has 0 spiro atoms. The summed E-state index contributed by atoms with van der Waals surface area (Å²) in [7, 11) is -3.65. The Morgan fingerprint density at radius 1 is 1.14 bits per heavy atom. The lowest BCUT2D eigenvalue weighted by molar-refractivity contribution is 0.566. The second-order valence-electron chi connectivity index (χ2n) is 4.44. The minimum atomic E-state index is -3.65. The second-order valence-corrected chi connectivity index (χ2v) is 8.30. The van der Waals surface area contributed by atoms with E-state index in [4.69, 9.17) is 11.6 Å². The molecule has 0 aliphatic heterocycles. The van der Waals surface area contributed by atoms with Gasteiger partial charge in [-0.2, -0.15) is 0 Å². The van der Waals surface area contributed by atoms with Crippen LogP contribution in [0.1, 0.15) is 18.5 Å². The van der Waals surface area contributed by atoms with E-state index in [0.29, 0.717) is 9.50 Å². The summed E-state index contributed by atoms with van der Waals surface area (Å²) in [6.45, 7) is 1.76. The number of rotatable bonds is 4. The molecule has 0 radical (unpaired) electrons. The normalized spacial score (nSPS) is 13.1. The first-order valence-electron chi connectivity index (χ1n) is 6.03. The average molecular weight is 454 g/mol. The number of hydrogen-bond acceptors (Lipinski definition) is 2. The number of halogens is 3. The van der Waals surface area contributed by atoms with Crippen LogP contribution in [-0.4, -0.2) is 8.42 Å². The molecule has 112 valence electrons. The van der Waals surface area contributed by atoms with Crippen molar-refractivity contribution in [2.75, 3.05) is 0 Å². The van der Waals surface area contributed by atoms with E-state index in [1.54, 1.807) is 37.3 Å². The van der Waals surface area contributed by atoms with Gasteiger partial charge < -0.3 is 0 Å². The molecule has 0 saturated heterocycles. The van der Waals surface area contributed by atoms with Gasteiger partial charge in [0.25, 0.3) is 0 Å². The Balaban J connectivity index is 2.31. The predicted octanol–water partition coefficient (Wildman–Crippen LogP) is 4.90. The molecule has 0 amide bonds. The lowest BCUT2D eigenvalue weighted by Gasteiger charge is -2.16. The quantitative estimate of drug-likeness (QED) is 0.715. The molecule has 2 aromatic rings. The molecule has 1 atom stereocenters.